The Morgan fingerprint density at radius 3 is 2.62 bits per heavy atom. The van der Waals surface area contributed by atoms with Crippen LogP contribution in [0.2, 0.25) is 0 Å². The summed E-state index contributed by atoms with van der Waals surface area (Å²) < 4.78 is 10.3. The van der Waals surface area contributed by atoms with Gasteiger partial charge in [-0.3, -0.25) is 9.59 Å². The van der Waals surface area contributed by atoms with E-state index in [1.807, 2.05) is 12.1 Å². The van der Waals surface area contributed by atoms with Crippen molar-refractivity contribution in [2.24, 2.45) is 0 Å². The number of hydrogen-bond acceptors (Lipinski definition) is 5. The zero-order valence-corrected chi connectivity index (χ0v) is 15.6. The van der Waals surface area contributed by atoms with Crippen LogP contribution in [0, 0.1) is 0 Å². The molecule has 6 nitrogen and oxygen atoms in total. The van der Waals surface area contributed by atoms with Crippen molar-refractivity contribution >= 4 is 23.3 Å². The summed E-state index contributed by atoms with van der Waals surface area (Å²) in [5.74, 6) is -1.30. The highest BCUT2D eigenvalue weighted by Gasteiger charge is 2.19. The van der Waals surface area contributed by atoms with E-state index in [4.69, 9.17) is 9.15 Å². The van der Waals surface area contributed by atoms with Gasteiger partial charge in [-0.2, -0.15) is 0 Å². The number of amides is 1. The van der Waals surface area contributed by atoms with Gasteiger partial charge in [-0.05, 0) is 60.7 Å². The van der Waals surface area contributed by atoms with Crippen molar-refractivity contribution in [1.29, 1.82) is 0 Å². The number of carbonyl (C=O) groups is 3. The predicted octanol–water partition coefficient (Wildman–Crippen LogP) is 4.06. The third kappa shape index (κ3) is 4.11. The molecule has 1 aliphatic carbocycles. The van der Waals surface area contributed by atoms with Crippen LogP contribution >= 0.6 is 0 Å². The SMILES string of the molecule is O=C(COC(=O)c1ccccc1NC(=O)c1ccco1)c1ccc2c(c1)CCC2. The number of esters is 1. The maximum Gasteiger partial charge on any atom is 0.340 e. The number of hydrogen-bond donors (Lipinski definition) is 1. The van der Waals surface area contributed by atoms with Crippen LogP contribution in [-0.4, -0.2) is 24.3 Å². The fourth-order valence-electron chi connectivity index (χ4n) is 3.40. The number of furan rings is 1. The summed E-state index contributed by atoms with van der Waals surface area (Å²) in [7, 11) is 0. The molecule has 3 aromatic rings. The average molecular weight is 389 g/mol. The van der Waals surface area contributed by atoms with Crippen molar-refractivity contribution in [1.82, 2.24) is 0 Å². The average Bonchev–Trinajstić information content (AvgIpc) is 3.43. The number of ether oxygens (including phenoxy) is 1. The Kier molecular flexibility index (Phi) is 5.24. The number of anilines is 1. The summed E-state index contributed by atoms with van der Waals surface area (Å²) in [5.41, 5.74) is 3.45. The van der Waals surface area contributed by atoms with E-state index in [1.165, 1.54) is 29.5 Å². The van der Waals surface area contributed by atoms with Crippen LogP contribution in [0.3, 0.4) is 0 Å². The monoisotopic (exact) mass is 389 g/mol. The maximum atomic E-state index is 12.5. The Morgan fingerprint density at radius 1 is 0.966 bits per heavy atom. The number of fused-ring (bicyclic) bond motifs is 1. The summed E-state index contributed by atoms with van der Waals surface area (Å²) in [5, 5.41) is 2.62. The van der Waals surface area contributed by atoms with Gasteiger partial charge in [-0.25, -0.2) is 4.79 Å². The van der Waals surface area contributed by atoms with Gasteiger partial charge in [-0.15, -0.1) is 0 Å². The van der Waals surface area contributed by atoms with E-state index in [1.54, 1.807) is 30.3 Å². The Bertz CT molecular complexity index is 1070. The molecule has 0 saturated heterocycles. The van der Waals surface area contributed by atoms with Gasteiger partial charge in [0.1, 0.15) is 0 Å². The normalized spacial score (nSPS) is 12.3. The lowest BCUT2D eigenvalue weighted by atomic mass is 10.0. The molecule has 29 heavy (non-hydrogen) atoms. The third-order valence-electron chi connectivity index (χ3n) is 4.89. The fourth-order valence-corrected chi connectivity index (χ4v) is 3.40. The Balaban J connectivity index is 1.42. The van der Waals surface area contributed by atoms with Crippen LogP contribution in [0.25, 0.3) is 0 Å². The first-order chi connectivity index (χ1) is 14.1. The smallest absolute Gasteiger partial charge is 0.340 e. The summed E-state index contributed by atoms with van der Waals surface area (Å²) in [6, 6.07) is 15.2. The largest absolute Gasteiger partial charge is 0.459 e. The first-order valence-corrected chi connectivity index (χ1v) is 9.38. The molecular formula is C23H19NO5. The van der Waals surface area contributed by atoms with Crippen LogP contribution in [0.4, 0.5) is 5.69 Å². The number of nitrogens with one attached hydrogen (secondary N) is 1. The lowest BCUT2D eigenvalue weighted by Crippen LogP contribution is -2.18. The van der Waals surface area contributed by atoms with Gasteiger partial charge in [0.05, 0.1) is 17.5 Å². The van der Waals surface area contributed by atoms with E-state index in [9.17, 15) is 14.4 Å². The van der Waals surface area contributed by atoms with E-state index in [2.05, 4.69) is 5.32 Å². The molecule has 146 valence electrons. The molecule has 1 aromatic heterocycles. The summed E-state index contributed by atoms with van der Waals surface area (Å²) >= 11 is 0. The van der Waals surface area contributed by atoms with Gasteiger partial charge in [0, 0.05) is 5.56 Å². The minimum absolute atomic E-state index is 0.125. The molecular weight excluding hydrogens is 370 g/mol. The standard InChI is InChI=1S/C23H19NO5/c25-20(17-11-10-15-5-3-6-16(15)13-17)14-29-23(27)18-7-1-2-8-19(18)24-22(26)21-9-4-12-28-21/h1-2,4,7-13H,3,5-6,14H2,(H,24,26). The lowest BCUT2D eigenvalue weighted by Gasteiger charge is -2.10. The lowest BCUT2D eigenvalue weighted by molar-refractivity contribution is 0.0475. The van der Waals surface area contributed by atoms with Crippen LogP contribution in [0.15, 0.2) is 65.3 Å². The molecule has 0 fully saturated rings. The highest BCUT2D eigenvalue weighted by Crippen LogP contribution is 2.23. The van der Waals surface area contributed by atoms with Crippen LogP contribution in [0.1, 0.15) is 48.8 Å². The second-order valence-corrected chi connectivity index (χ2v) is 6.81. The molecule has 1 amide bonds. The molecule has 0 radical (unpaired) electrons. The molecule has 0 bridgehead atoms. The van der Waals surface area contributed by atoms with Gasteiger partial charge in [0.25, 0.3) is 5.91 Å². The Morgan fingerprint density at radius 2 is 1.79 bits per heavy atom. The van der Waals surface area contributed by atoms with Crippen molar-refractivity contribution in [3.8, 4) is 0 Å². The second-order valence-electron chi connectivity index (χ2n) is 6.81. The minimum atomic E-state index is -0.685. The molecule has 6 heteroatoms. The van der Waals surface area contributed by atoms with E-state index >= 15 is 0 Å². The van der Waals surface area contributed by atoms with Crippen molar-refractivity contribution in [2.45, 2.75) is 19.3 Å². The van der Waals surface area contributed by atoms with Crippen LogP contribution in [0.5, 0.6) is 0 Å². The predicted molar refractivity (Wildman–Crippen MR) is 106 cm³/mol. The molecule has 0 spiro atoms. The van der Waals surface area contributed by atoms with E-state index in [0.717, 1.165) is 19.3 Å². The van der Waals surface area contributed by atoms with Gasteiger partial charge in [0.2, 0.25) is 0 Å². The van der Waals surface area contributed by atoms with Gasteiger partial charge in [-0.1, -0.05) is 24.3 Å². The highest BCUT2D eigenvalue weighted by molar-refractivity contribution is 6.07. The van der Waals surface area contributed by atoms with Crippen molar-refractivity contribution in [3.05, 3.63) is 88.9 Å². The second kappa shape index (κ2) is 8.14. The molecule has 1 aliphatic rings. The molecule has 1 heterocycles. The number of Topliss-reactive ketones (excluding diaryl/α,β-unsaturated/α-hetero) is 1. The minimum Gasteiger partial charge on any atom is -0.459 e. The number of benzene rings is 2. The molecule has 0 saturated carbocycles. The molecule has 0 aliphatic heterocycles. The Hall–Kier alpha value is -3.67. The zero-order chi connectivity index (χ0) is 20.2. The first kappa shape index (κ1) is 18.7. The zero-order valence-electron chi connectivity index (χ0n) is 15.6. The van der Waals surface area contributed by atoms with Gasteiger partial charge in [0.15, 0.2) is 18.2 Å². The van der Waals surface area contributed by atoms with Crippen molar-refractivity contribution < 1.29 is 23.5 Å². The van der Waals surface area contributed by atoms with E-state index in [-0.39, 0.29) is 29.4 Å². The summed E-state index contributed by atoms with van der Waals surface area (Å²) in [6.45, 7) is -0.363. The van der Waals surface area contributed by atoms with Gasteiger partial charge < -0.3 is 14.5 Å². The van der Waals surface area contributed by atoms with Crippen molar-refractivity contribution in [2.75, 3.05) is 11.9 Å². The van der Waals surface area contributed by atoms with E-state index < -0.39 is 11.9 Å². The highest BCUT2D eigenvalue weighted by atomic mass is 16.5. The first-order valence-electron chi connectivity index (χ1n) is 9.38. The molecule has 4 rings (SSSR count). The van der Waals surface area contributed by atoms with Gasteiger partial charge >= 0.3 is 5.97 Å². The number of ketones is 1. The molecule has 2 aromatic carbocycles. The van der Waals surface area contributed by atoms with Crippen LogP contribution in [-0.2, 0) is 17.6 Å². The number of aryl methyl sites for hydroxylation is 2. The number of rotatable bonds is 6. The molecule has 0 atom stereocenters. The summed E-state index contributed by atoms with van der Waals surface area (Å²) in [4.78, 5) is 37.1. The topological polar surface area (TPSA) is 85.6 Å². The quantitative estimate of drug-likeness (QED) is 0.508. The fraction of sp³-hybridized carbons (Fsp3) is 0.174. The Labute approximate surface area is 167 Å². The third-order valence-corrected chi connectivity index (χ3v) is 4.89. The summed E-state index contributed by atoms with van der Waals surface area (Å²) in [6.07, 6.45) is 4.50. The van der Waals surface area contributed by atoms with E-state index in [0.29, 0.717) is 5.56 Å². The molecule has 0 unspecified atom stereocenters. The van der Waals surface area contributed by atoms with Crippen LogP contribution < -0.4 is 5.32 Å². The van der Waals surface area contributed by atoms with Crippen molar-refractivity contribution in [3.63, 3.8) is 0 Å². The molecule has 1 N–H and O–H groups in total. The number of carbonyl (C=O) groups excluding carboxylic acids is 3. The number of para-hydroxylation sites is 1. The maximum absolute atomic E-state index is 12.5.